The van der Waals surface area contributed by atoms with Gasteiger partial charge in [-0.3, -0.25) is 4.34 Å². The van der Waals surface area contributed by atoms with Crippen LogP contribution in [0, 0.1) is 0 Å². The lowest BCUT2D eigenvalue weighted by molar-refractivity contribution is 0.408. The zero-order valence-electron chi connectivity index (χ0n) is 16.2. The fraction of sp³-hybridized carbons (Fsp3) is 0.0833. The second-order valence-electron chi connectivity index (χ2n) is 5.98. The lowest BCUT2D eigenvalue weighted by Crippen LogP contribution is -2.02. The van der Waals surface area contributed by atoms with Crippen LogP contribution in [0.3, 0.4) is 0 Å². The highest BCUT2D eigenvalue weighted by Gasteiger charge is 2.21. The topological polar surface area (TPSA) is 23.4 Å². The molecule has 2 aromatic carbocycles. The monoisotopic (exact) mass is 389 g/mol. The van der Waals surface area contributed by atoms with E-state index in [4.69, 9.17) is 9.05 Å². The molecule has 0 N–H and O–H groups in total. The summed E-state index contributed by atoms with van der Waals surface area (Å²) in [5.41, 5.74) is 2.01. The van der Waals surface area contributed by atoms with Crippen molar-refractivity contribution in [1.82, 2.24) is 4.34 Å². The molecular weight excluding hydrogens is 365 g/mol. The third-order valence-electron chi connectivity index (χ3n) is 4.02. The zero-order valence-corrected chi connectivity index (χ0v) is 17.1. The van der Waals surface area contributed by atoms with Gasteiger partial charge in [0.05, 0.1) is 5.52 Å². The van der Waals surface area contributed by atoms with Crippen LogP contribution >= 0.6 is 8.53 Å². The average Bonchev–Trinajstić information content (AvgIpc) is 3.16. The van der Waals surface area contributed by atoms with Gasteiger partial charge in [0, 0.05) is 17.2 Å². The van der Waals surface area contributed by atoms with Gasteiger partial charge in [0.2, 0.25) is 0 Å². The number of hydrogen-bond donors (Lipinski definition) is 0. The van der Waals surface area contributed by atoms with Gasteiger partial charge in [-0.05, 0) is 44.2 Å². The van der Waals surface area contributed by atoms with Crippen molar-refractivity contribution in [3.8, 4) is 5.75 Å². The van der Waals surface area contributed by atoms with Crippen molar-refractivity contribution in [2.24, 2.45) is 0 Å². The lowest BCUT2D eigenvalue weighted by atomic mass is 10.2. The average molecular weight is 389 g/mol. The highest BCUT2D eigenvalue weighted by Crippen LogP contribution is 2.46. The van der Waals surface area contributed by atoms with Crippen molar-refractivity contribution in [2.45, 2.75) is 13.8 Å². The lowest BCUT2D eigenvalue weighted by Gasteiger charge is -2.21. The van der Waals surface area contributed by atoms with E-state index in [1.807, 2.05) is 91.2 Å². The number of nitrogens with zero attached hydrogens (tertiary/aromatic N) is 1. The number of para-hydroxylation sites is 2. The van der Waals surface area contributed by atoms with Gasteiger partial charge in [-0.25, -0.2) is 0 Å². The van der Waals surface area contributed by atoms with Crippen molar-refractivity contribution < 1.29 is 9.05 Å². The molecule has 0 fully saturated rings. The molecule has 1 unspecified atom stereocenters. The van der Waals surface area contributed by atoms with Crippen molar-refractivity contribution in [2.75, 3.05) is 0 Å². The predicted octanol–water partition coefficient (Wildman–Crippen LogP) is 7.40. The fourth-order valence-electron chi connectivity index (χ4n) is 2.76. The van der Waals surface area contributed by atoms with Crippen LogP contribution in [0.1, 0.15) is 13.8 Å². The molecule has 28 heavy (non-hydrogen) atoms. The van der Waals surface area contributed by atoms with Crippen molar-refractivity contribution >= 4 is 19.4 Å². The maximum atomic E-state index is 6.39. The Labute approximate surface area is 167 Å². The summed E-state index contributed by atoms with van der Waals surface area (Å²) in [7, 11) is -1.47. The van der Waals surface area contributed by atoms with E-state index in [9.17, 15) is 0 Å². The summed E-state index contributed by atoms with van der Waals surface area (Å²) in [5.74, 6) is 1.43. The molecule has 1 atom stereocenters. The summed E-state index contributed by atoms with van der Waals surface area (Å²) in [6.45, 7) is 7.90. The van der Waals surface area contributed by atoms with Crippen LogP contribution < -0.4 is 4.52 Å². The molecule has 0 aliphatic carbocycles. The van der Waals surface area contributed by atoms with Crippen LogP contribution in [-0.2, 0) is 4.52 Å². The van der Waals surface area contributed by atoms with E-state index >= 15 is 0 Å². The Morgan fingerprint density at radius 3 is 2.29 bits per heavy atom. The van der Waals surface area contributed by atoms with E-state index < -0.39 is 8.53 Å². The Morgan fingerprint density at radius 2 is 1.61 bits per heavy atom. The number of allylic oxidation sites excluding steroid dienone is 6. The van der Waals surface area contributed by atoms with Crippen LogP contribution in [0.15, 0.2) is 115 Å². The number of hydrogen-bond acceptors (Lipinski definition) is 2. The Hall–Kier alpha value is -3.03. The van der Waals surface area contributed by atoms with Crippen LogP contribution in [0.4, 0.5) is 0 Å². The summed E-state index contributed by atoms with van der Waals surface area (Å²) in [6, 6.07) is 20.0. The van der Waals surface area contributed by atoms with Gasteiger partial charge in [0.15, 0.2) is 0 Å². The standard InChI is InChI=1S/C24H24NO2P/c1-4-12-21(13-5-2)24(6-3)27-28(26-22-15-8-7-9-16-22)25-19-18-20-14-10-11-17-23(20)25/h4-19H,3H2,1-2H3/b12-4-,13-5+,24-21?. The van der Waals surface area contributed by atoms with Crippen LogP contribution in [0.25, 0.3) is 10.9 Å². The molecular formula is C24H24NO2P. The first kappa shape index (κ1) is 19.7. The van der Waals surface area contributed by atoms with E-state index in [1.165, 1.54) is 0 Å². The van der Waals surface area contributed by atoms with Crippen molar-refractivity contribution in [1.29, 1.82) is 0 Å². The van der Waals surface area contributed by atoms with Gasteiger partial charge in [0.25, 0.3) is 0 Å². The summed E-state index contributed by atoms with van der Waals surface area (Å²) >= 11 is 0. The van der Waals surface area contributed by atoms with Gasteiger partial charge < -0.3 is 9.05 Å². The summed E-state index contributed by atoms with van der Waals surface area (Å²) in [6.07, 6.45) is 11.7. The largest absolute Gasteiger partial charge is 0.423 e. The minimum absolute atomic E-state index is 0.677. The molecule has 0 spiro atoms. The van der Waals surface area contributed by atoms with E-state index in [2.05, 4.69) is 24.8 Å². The number of benzene rings is 2. The summed E-state index contributed by atoms with van der Waals surface area (Å²) in [5, 5.41) is 1.14. The van der Waals surface area contributed by atoms with E-state index in [0.717, 1.165) is 22.2 Å². The minimum atomic E-state index is -1.47. The highest BCUT2D eigenvalue weighted by molar-refractivity contribution is 7.46. The Morgan fingerprint density at radius 1 is 0.929 bits per heavy atom. The van der Waals surface area contributed by atoms with E-state index in [0.29, 0.717) is 5.76 Å². The molecule has 0 radical (unpaired) electrons. The predicted molar refractivity (Wildman–Crippen MR) is 119 cm³/mol. The molecule has 0 aliphatic rings. The molecule has 3 aromatic rings. The smallest absolute Gasteiger partial charge is 0.421 e. The van der Waals surface area contributed by atoms with Gasteiger partial charge >= 0.3 is 8.53 Å². The summed E-state index contributed by atoms with van der Waals surface area (Å²) < 4.78 is 14.7. The van der Waals surface area contributed by atoms with Gasteiger partial charge in [-0.15, -0.1) is 0 Å². The second-order valence-corrected chi connectivity index (χ2v) is 7.25. The van der Waals surface area contributed by atoms with Crippen LogP contribution in [0.5, 0.6) is 5.75 Å². The van der Waals surface area contributed by atoms with Crippen molar-refractivity contribution in [3.05, 3.63) is 115 Å². The van der Waals surface area contributed by atoms with Gasteiger partial charge in [-0.1, -0.05) is 67.3 Å². The van der Waals surface area contributed by atoms with Gasteiger partial charge in [-0.2, -0.15) is 0 Å². The molecule has 4 heteroatoms. The SMILES string of the molecule is C=CC(OP(Oc1ccccc1)n1ccc2ccccc21)=C(/C=C\C)/C=C/C. The Kier molecular flexibility index (Phi) is 6.89. The zero-order chi connectivity index (χ0) is 19.8. The van der Waals surface area contributed by atoms with E-state index in [1.54, 1.807) is 6.08 Å². The van der Waals surface area contributed by atoms with Gasteiger partial charge in [0.1, 0.15) is 11.5 Å². The molecule has 1 heterocycles. The maximum absolute atomic E-state index is 6.39. The Balaban J connectivity index is 2.05. The first-order valence-corrected chi connectivity index (χ1v) is 10.3. The van der Waals surface area contributed by atoms with Crippen LogP contribution in [0.2, 0.25) is 0 Å². The normalized spacial score (nSPS) is 13.6. The fourth-order valence-corrected chi connectivity index (χ4v) is 4.16. The first-order chi connectivity index (χ1) is 13.8. The Bertz CT molecular complexity index is 1000. The summed E-state index contributed by atoms with van der Waals surface area (Å²) in [4.78, 5) is 0. The highest BCUT2D eigenvalue weighted by atomic mass is 31.2. The van der Waals surface area contributed by atoms with Crippen molar-refractivity contribution in [3.63, 3.8) is 0 Å². The first-order valence-electron chi connectivity index (χ1n) is 9.16. The molecule has 0 saturated heterocycles. The molecule has 0 aliphatic heterocycles. The molecule has 3 rings (SSSR count). The quantitative estimate of drug-likeness (QED) is 0.228. The molecule has 0 amide bonds. The third kappa shape index (κ3) is 4.62. The molecule has 3 nitrogen and oxygen atoms in total. The second kappa shape index (κ2) is 9.77. The third-order valence-corrected chi connectivity index (χ3v) is 5.44. The van der Waals surface area contributed by atoms with E-state index in [-0.39, 0.29) is 0 Å². The minimum Gasteiger partial charge on any atom is -0.423 e. The molecule has 0 saturated carbocycles. The van der Waals surface area contributed by atoms with Crippen LogP contribution in [-0.4, -0.2) is 4.34 Å². The number of aromatic nitrogens is 1. The number of rotatable bonds is 8. The molecule has 142 valence electrons. The maximum Gasteiger partial charge on any atom is 0.421 e. The molecule has 1 aromatic heterocycles. The molecule has 0 bridgehead atoms. The number of fused-ring (bicyclic) bond motifs is 1.